The number of carbonyl (C=O) groups is 1. The first kappa shape index (κ1) is 18.0. The van der Waals surface area contributed by atoms with Crippen molar-refractivity contribution in [3.8, 4) is 11.5 Å². The summed E-state index contributed by atoms with van der Waals surface area (Å²) in [7, 11) is 0. The van der Waals surface area contributed by atoms with Gasteiger partial charge in [-0.15, -0.1) is 0 Å². The normalized spacial score (nSPS) is 14.0. The minimum atomic E-state index is -0.122. The number of anilines is 1. The number of nitrogen functional groups attached to an aromatic ring is 1. The number of carbonyl (C=O) groups excluding carboxylic acids is 1. The van der Waals surface area contributed by atoms with Crippen LogP contribution in [0.15, 0.2) is 18.2 Å². The molecule has 1 amide bonds. The highest BCUT2D eigenvalue weighted by molar-refractivity contribution is 5.76. The molecule has 1 aromatic carbocycles. The highest BCUT2D eigenvalue weighted by Gasteiger charge is 2.16. The Morgan fingerprint density at radius 2 is 1.85 bits per heavy atom. The van der Waals surface area contributed by atoms with Crippen molar-refractivity contribution in [1.82, 2.24) is 15.3 Å². The van der Waals surface area contributed by atoms with Crippen molar-refractivity contribution in [1.29, 1.82) is 0 Å². The lowest BCUT2D eigenvalue weighted by molar-refractivity contribution is -0.121. The summed E-state index contributed by atoms with van der Waals surface area (Å²) in [6, 6.07) is 5.62. The van der Waals surface area contributed by atoms with E-state index < -0.39 is 0 Å². The van der Waals surface area contributed by atoms with Crippen molar-refractivity contribution in [3.63, 3.8) is 0 Å². The van der Waals surface area contributed by atoms with E-state index in [9.17, 15) is 4.79 Å². The number of fused-ring (bicyclic) bond motifs is 1. The number of nitrogens with one attached hydrogen (secondary N) is 1. The number of nitrogens with two attached hydrogens (primary N) is 1. The summed E-state index contributed by atoms with van der Waals surface area (Å²) in [6.45, 7) is 6.82. The molecule has 0 aliphatic carbocycles. The molecule has 0 fully saturated rings. The maximum absolute atomic E-state index is 12.3. The van der Waals surface area contributed by atoms with Crippen LogP contribution in [0, 0.1) is 13.8 Å². The molecular weight excluding hydrogens is 332 g/mol. The van der Waals surface area contributed by atoms with E-state index in [-0.39, 0.29) is 17.9 Å². The van der Waals surface area contributed by atoms with Crippen molar-refractivity contribution < 1.29 is 14.3 Å². The molecule has 26 heavy (non-hydrogen) atoms. The maximum atomic E-state index is 12.3. The fourth-order valence-electron chi connectivity index (χ4n) is 3.09. The number of nitrogens with zero attached hydrogens (tertiary/aromatic N) is 2. The first-order chi connectivity index (χ1) is 12.4. The molecule has 1 unspecified atom stereocenters. The predicted molar refractivity (Wildman–Crippen MR) is 98.2 cm³/mol. The molecule has 1 aliphatic rings. The molecule has 7 heteroatoms. The Morgan fingerprint density at radius 1 is 1.19 bits per heavy atom. The van der Waals surface area contributed by atoms with E-state index >= 15 is 0 Å². The summed E-state index contributed by atoms with van der Waals surface area (Å²) in [5, 5.41) is 3.02. The molecular formula is C19H24N4O3. The number of aromatic nitrogens is 2. The van der Waals surface area contributed by atoms with Gasteiger partial charge < -0.3 is 20.5 Å². The molecule has 3 N–H and O–H groups in total. The minimum Gasteiger partial charge on any atom is -0.486 e. The van der Waals surface area contributed by atoms with Gasteiger partial charge in [0.25, 0.3) is 0 Å². The smallest absolute Gasteiger partial charge is 0.220 e. The quantitative estimate of drug-likeness (QED) is 0.852. The van der Waals surface area contributed by atoms with Crippen molar-refractivity contribution in [2.45, 2.75) is 39.7 Å². The summed E-state index contributed by atoms with van der Waals surface area (Å²) in [6.07, 6.45) is 0.946. The van der Waals surface area contributed by atoms with Gasteiger partial charge in [-0.25, -0.2) is 9.97 Å². The number of benzene rings is 1. The molecule has 2 heterocycles. The van der Waals surface area contributed by atoms with Crippen molar-refractivity contribution in [2.75, 3.05) is 18.9 Å². The van der Waals surface area contributed by atoms with Crippen LogP contribution in [0.4, 0.5) is 5.95 Å². The summed E-state index contributed by atoms with van der Waals surface area (Å²) in [5.74, 6) is 1.70. The second-order valence-corrected chi connectivity index (χ2v) is 6.42. The Bertz CT molecular complexity index is 799. The van der Waals surface area contributed by atoms with Crippen LogP contribution in [0.1, 0.15) is 41.9 Å². The number of aryl methyl sites for hydroxylation is 2. The predicted octanol–water partition coefficient (Wildman–Crippen LogP) is 2.26. The third-order valence-corrected chi connectivity index (χ3v) is 4.48. The van der Waals surface area contributed by atoms with Crippen LogP contribution < -0.4 is 20.5 Å². The maximum Gasteiger partial charge on any atom is 0.220 e. The number of hydrogen-bond donors (Lipinski definition) is 2. The van der Waals surface area contributed by atoms with Gasteiger partial charge in [0, 0.05) is 17.8 Å². The molecule has 138 valence electrons. The van der Waals surface area contributed by atoms with Gasteiger partial charge in [-0.2, -0.15) is 0 Å². The third-order valence-electron chi connectivity index (χ3n) is 4.48. The lowest BCUT2D eigenvalue weighted by Crippen LogP contribution is -2.27. The Morgan fingerprint density at radius 3 is 2.54 bits per heavy atom. The first-order valence-corrected chi connectivity index (χ1v) is 8.72. The molecule has 0 saturated heterocycles. The Hall–Kier alpha value is -2.83. The van der Waals surface area contributed by atoms with Crippen molar-refractivity contribution >= 4 is 11.9 Å². The van der Waals surface area contributed by atoms with E-state index in [0.717, 1.165) is 34.0 Å². The number of amides is 1. The average Bonchev–Trinajstić information content (AvgIpc) is 2.60. The molecule has 7 nitrogen and oxygen atoms in total. The van der Waals surface area contributed by atoms with Gasteiger partial charge >= 0.3 is 0 Å². The van der Waals surface area contributed by atoms with E-state index in [4.69, 9.17) is 15.2 Å². The fraction of sp³-hybridized carbons (Fsp3) is 0.421. The zero-order chi connectivity index (χ0) is 18.7. The Labute approximate surface area is 152 Å². The summed E-state index contributed by atoms with van der Waals surface area (Å²) in [5.41, 5.74) is 9.24. The van der Waals surface area contributed by atoms with Gasteiger partial charge in [-0.1, -0.05) is 6.07 Å². The zero-order valence-corrected chi connectivity index (χ0v) is 15.3. The van der Waals surface area contributed by atoms with Gasteiger partial charge in [0.05, 0.1) is 6.04 Å². The minimum absolute atomic E-state index is 0.0250. The monoisotopic (exact) mass is 356 g/mol. The van der Waals surface area contributed by atoms with Crippen LogP contribution >= 0.6 is 0 Å². The zero-order valence-electron chi connectivity index (χ0n) is 15.3. The lowest BCUT2D eigenvalue weighted by Gasteiger charge is -2.21. The molecule has 0 saturated carbocycles. The second kappa shape index (κ2) is 7.59. The summed E-state index contributed by atoms with van der Waals surface area (Å²) in [4.78, 5) is 20.7. The van der Waals surface area contributed by atoms with E-state index in [1.807, 2.05) is 39.0 Å². The van der Waals surface area contributed by atoms with Gasteiger partial charge in [0.2, 0.25) is 11.9 Å². The number of hydrogen-bond acceptors (Lipinski definition) is 6. The topological polar surface area (TPSA) is 99.4 Å². The van der Waals surface area contributed by atoms with Crippen LogP contribution in [-0.4, -0.2) is 29.1 Å². The van der Waals surface area contributed by atoms with Crippen molar-refractivity contribution in [2.24, 2.45) is 0 Å². The molecule has 3 rings (SSSR count). The first-order valence-electron chi connectivity index (χ1n) is 8.72. The molecule has 2 aromatic rings. The molecule has 0 bridgehead atoms. The average molecular weight is 356 g/mol. The van der Waals surface area contributed by atoms with Crippen LogP contribution in [0.25, 0.3) is 0 Å². The third kappa shape index (κ3) is 4.04. The van der Waals surface area contributed by atoms with E-state index in [1.54, 1.807) is 0 Å². The Kier molecular flexibility index (Phi) is 5.25. The van der Waals surface area contributed by atoms with E-state index in [2.05, 4.69) is 15.3 Å². The SMILES string of the molecule is Cc1nc(N)nc(C)c1CCC(=O)NC(C)c1ccc2c(c1)OCCO2. The highest BCUT2D eigenvalue weighted by Crippen LogP contribution is 2.32. The largest absolute Gasteiger partial charge is 0.486 e. The molecule has 1 aliphatic heterocycles. The number of rotatable bonds is 5. The molecule has 1 atom stereocenters. The van der Waals surface area contributed by atoms with E-state index in [0.29, 0.717) is 26.1 Å². The molecule has 0 radical (unpaired) electrons. The van der Waals surface area contributed by atoms with E-state index in [1.165, 1.54) is 0 Å². The Balaban J connectivity index is 1.60. The number of ether oxygens (including phenoxy) is 2. The van der Waals surface area contributed by atoms with Crippen molar-refractivity contribution in [3.05, 3.63) is 40.7 Å². The van der Waals surface area contributed by atoms with Crippen LogP contribution in [-0.2, 0) is 11.2 Å². The van der Waals surface area contributed by atoms with Gasteiger partial charge in [0.1, 0.15) is 13.2 Å². The summed E-state index contributed by atoms with van der Waals surface area (Å²) >= 11 is 0. The van der Waals surface area contributed by atoms with Gasteiger partial charge in [-0.05, 0) is 50.5 Å². The molecule has 1 aromatic heterocycles. The lowest BCUT2D eigenvalue weighted by atomic mass is 10.0. The van der Waals surface area contributed by atoms with Gasteiger partial charge in [-0.3, -0.25) is 4.79 Å². The van der Waals surface area contributed by atoms with Gasteiger partial charge in [0.15, 0.2) is 11.5 Å². The fourth-order valence-corrected chi connectivity index (χ4v) is 3.09. The van der Waals surface area contributed by atoms with Crippen LogP contribution in [0.5, 0.6) is 11.5 Å². The van der Waals surface area contributed by atoms with Crippen LogP contribution in [0.3, 0.4) is 0 Å². The highest BCUT2D eigenvalue weighted by atomic mass is 16.6. The summed E-state index contributed by atoms with van der Waals surface area (Å²) < 4.78 is 11.1. The second-order valence-electron chi connectivity index (χ2n) is 6.42. The molecule has 0 spiro atoms. The standard InChI is InChI=1S/C19H24N4O3/c1-11(14-4-6-16-17(10-14)26-9-8-25-16)21-18(24)7-5-15-12(2)22-19(20)23-13(15)3/h4,6,10-11H,5,7-9H2,1-3H3,(H,21,24)(H2,20,22,23). The van der Waals surface area contributed by atoms with Crippen LogP contribution in [0.2, 0.25) is 0 Å².